The summed E-state index contributed by atoms with van der Waals surface area (Å²) in [5.74, 6) is -0.286. The zero-order valence-corrected chi connectivity index (χ0v) is 58.4. The van der Waals surface area contributed by atoms with Crippen LogP contribution >= 0.6 is 0 Å². The van der Waals surface area contributed by atoms with Gasteiger partial charge in [-0.2, -0.15) is 0 Å². The van der Waals surface area contributed by atoms with Crippen LogP contribution in [0, 0.1) is 0 Å². The van der Waals surface area contributed by atoms with E-state index in [1.165, 1.54) is 212 Å². The first-order valence-corrected chi connectivity index (χ1v) is 37.9. The summed E-state index contributed by atoms with van der Waals surface area (Å²) in [6.07, 6.45) is 42.4. The van der Waals surface area contributed by atoms with Crippen molar-refractivity contribution in [2.45, 2.75) is 394 Å². The molecule has 3 heterocycles. The van der Waals surface area contributed by atoms with Gasteiger partial charge >= 0.3 is 0 Å². The molecule has 19 nitrogen and oxygen atoms in total. The molecule has 17 unspecified atom stereocenters. The number of unbranched alkanes of at least 4 members (excludes halogenated alkanes) is 37. The lowest BCUT2D eigenvalue weighted by Crippen LogP contribution is -2.66. The SMILES string of the molecule is CCCCCCCCCC/C=C\CCCCCCCCCCCCCCCCCCCC(=O)NC(COC1OC(CO)C(OC2OC(CO)C(OC3OC(CO)C(O)C(O)C3O)C(O)C2O)C(O)C1O)C(O)/C=C/CC/C=C/CC/C=C/CCCCCCCCCCCC. The summed E-state index contributed by atoms with van der Waals surface area (Å²) in [4.78, 5) is 13.4. The fourth-order valence-corrected chi connectivity index (χ4v) is 12.7. The summed E-state index contributed by atoms with van der Waals surface area (Å²) in [7, 11) is 0. The predicted octanol–water partition coefficient (Wildman–Crippen LogP) is 11.3. The highest BCUT2D eigenvalue weighted by atomic mass is 16.8. The van der Waals surface area contributed by atoms with Gasteiger partial charge in [0.2, 0.25) is 5.91 Å². The summed E-state index contributed by atoms with van der Waals surface area (Å²) >= 11 is 0. The van der Waals surface area contributed by atoms with Gasteiger partial charge in [-0.3, -0.25) is 4.79 Å². The topological polar surface area (TPSA) is 307 Å². The normalized spacial score (nSPS) is 27.6. The van der Waals surface area contributed by atoms with E-state index in [2.05, 4.69) is 55.6 Å². The summed E-state index contributed by atoms with van der Waals surface area (Å²) < 4.78 is 34.4. The van der Waals surface area contributed by atoms with E-state index in [0.29, 0.717) is 12.8 Å². The molecule has 0 radical (unpaired) electrons. The van der Waals surface area contributed by atoms with Crippen molar-refractivity contribution in [3.05, 3.63) is 48.6 Å². The van der Waals surface area contributed by atoms with Crippen molar-refractivity contribution in [1.82, 2.24) is 5.32 Å². The molecule has 3 fully saturated rings. The molecule has 94 heavy (non-hydrogen) atoms. The van der Waals surface area contributed by atoms with Crippen LogP contribution in [0.1, 0.15) is 290 Å². The highest BCUT2D eigenvalue weighted by Gasteiger charge is 2.53. The summed E-state index contributed by atoms with van der Waals surface area (Å²) in [5.41, 5.74) is 0. The molecule has 1 amide bonds. The minimum absolute atomic E-state index is 0.234. The van der Waals surface area contributed by atoms with Crippen LogP contribution in [-0.4, -0.2) is 193 Å². The number of allylic oxidation sites excluding steroid dienone is 7. The highest BCUT2D eigenvalue weighted by Crippen LogP contribution is 2.33. The van der Waals surface area contributed by atoms with Gasteiger partial charge in [0.15, 0.2) is 18.9 Å². The molecule has 3 aliphatic heterocycles. The number of hydrogen-bond donors (Lipinski definition) is 12. The van der Waals surface area contributed by atoms with Crippen molar-refractivity contribution in [2.75, 3.05) is 26.4 Å². The van der Waals surface area contributed by atoms with E-state index in [9.17, 15) is 61.0 Å². The van der Waals surface area contributed by atoms with Gasteiger partial charge in [-0.05, 0) is 70.6 Å². The monoisotopic (exact) mass is 1340 g/mol. The van der Waals surface area contributed by atoms with Gasteiger partial charge in [0.25, 0.3) is 0 Å². The third-order valence-corrected chi connectivity index (χ3v) is 18.8. The number of ether oxygens (including phenoxy) is 6. The number of nitrogens with one attached hydrogen (secondary N) is 1. The summed E-state index contributed by atoms with van der Waals surface area (Å²) in [5, 5.41) is 121. The molecule has 3 aliphatic rings. The molecular weight excluding hydrogens is 1200 g/mol. The van der Waals surface area contributed by atoms with Crippen LogP contribution in [0.2, 0.25) is 0 Å². The van der Waals surface area contributed by atoms with Crippen molar-refractivity contribution in [3.8, 4) is 0 Å². The maximum absolute atomic E-state index is 13.4. The van der Waals surface area contributed by atoms with Crippen molar-refractivity contribution in [2.24, 2.45) is 0 Å². The van der Waals surface area contributed by atoms with Crippen LogP contribution in [-0.2, 0) is 33.2 Å². The molecule has 0 bridgehead atoms. The van der Waals surface area contributed by atoms with Gasteiger partial charge in [-0.15, -0.1) is 0 Å². The maximum atomic E-state index is 13.4. The van der Waals surface area contributed by atoms with Crippen molar-refractivity contribution in [1.29, 1.82) is 0 Å². The average Bonchev–Trinajstić information content (AvgIpc) is 0.787. The second-order valence-electron chi connectivity index (χ2n) is 27.1. The van der Waals surface area contributed by atoms with E-state index in [1.807, 2.05) is 6.08 Å². The first kappa shape index (κ1) is 86.0. The van der Waals surface area contributed by atoms with Crippen LogP contribution in [0.5, 0.6) is 0 Å². The minimum Gasteiger partial charge on any atom is -0.394 e. The lowest BCUT2D eigenvalue weighted by atomic mass is 9.96. The molecule has 0 spiro atoms. The van der Waals surface area contributed by atoms with Gasteiger partial charge in [-0.1, -0.05) is 262 Å². The van der Waals surface area contributed by atoms with Crippen molar-refractivity contribution >= 4 is 5.91 Å². The Labute approximate surface area is 567 Å². The fourth-order valence-electron chi connectivity index (χ4n) is 12.7. The Morgan fingerprint density at radius 3 is 1.06 bits per heavy atom. The first-order valence-electron chi connectivity index (χ1n) is 37.9. The smallest absolute Gasteiger partial charge is 0.220 e. The lowest BCUT2D eigenvalue weighted by Gasteiger charge is -2.48. The Kier molecular flexibility index (Phi) is 51.7. The van der Waals surface area contributed by atoms with Crippen molar-refractivity contribution in [3.63, 3.8) is 0 Å². The Morgan fingerprint density at radius 2 is 0.681 bits per heavy atom. The molecular formula is C75H137NO18. The van der Waals surface area contributed by atoms with Crippen LogP contribution in [0.3, 0.4) is 0 Å². The number of aliphatic hydroxyl groups is 11. The van der Waals surface area contributed by atoms with E-state index in [1.54, 1.807) is 6.08 Å². The van der Waals surface area contributed by atoms with Gasteiger partial charge in [-0.25, -0.2) is 0 Å². The quantitative estimate of drug-likeness (QED) is 0.0199. The number of amides is 1. The number of aliphatic hydroxyl groups excluding tert-OH is 11. The van der Waals surface area contributed by atoms with Gasteiger partial charge < -0.3 is 89.9 Å². The van der Waals surface area contributed by atoms with Crippen LogP contribution in [0.15, 0.2) is 48.6 Å². The molecule has 0 aromatic rings. The Balaban J connectivity index is 1.40. The Hall–Kier alpha value is -2.25. The van der Waals surface area contributed by atoms with E-state index in [0.717, 1.165) is 44.9 Å². The van der Waals surface area contributed by atoms with E-state index in [-0.39, 0.29) is 18.9 Å². The molecule has 17 atom stereocenters. The van der Waals surface area contributed by atoms with Gasteiger partial charge in [0, 0.05) is 6.42 Å². The number of rotatable bonds is 59. The lowest BCUT2D eigenvalue weighted by molar-refractivity contribution is -0.379. The number of hydrogen-bond acceptors (Lipinski definition) is 18. The maximum Gasteiger partial charge on any atom is 0.220 e. The standard InChI is InChI=1S/C75H137NO18/c1-3-5-7-9-11-13-15-17-19-21-23-25-26-27-28-29-30-31-32-33-35-37-39-41-43-45-47-49-51-53-63(81)76-58(59(80)52-50-48-46-44-42-40-38-36-34-24-22-20-18-16-14-12-10-8-6-4-2)57-89-73-69(87)66(84)71(61(55-78)91-73)94-75-70(88)67(85)72(62(56-79)92-75)93-74-68(86)65(83)64(82)60(54-77)90-74/h21,23,34,36,42,44,50,52,58-62,64-75,77-80,82-88H,3-20,22,24-33,35,37-41,43,45-49,51,53-57H2,1-2H3,(H,76,81)/b23-21-,36-34+,44-42+,52-50+. The minimum atomic E-state index is -1.98. The van der Waals surface area contributed by atoms with Crippen molar-refractivity contribution < 1.29 is 89.4 Å². The summed E-state index contributed by atoms with van der Waals surface area (Å²) in [6, 6.07) is -0.997. The summed E-state index contributed by atoms with van der Waals surface area (Å²) in [6.45, 7) is 1.73. The molecule has 0 aliphatic carbocycles. The van der Waals surface area contributed by atoms with Crippen LogP contribution < -0.4 is 5.32 Å². The molecule has 19 heteroatoms. The highest BCUT2D eigenvalue weighted by molar-refractivity contribution is 5.76. The van der Waals surface area contributed by atoms with E-state index in [4.69, 9.17) is 28.4 Å². The molecule has 0 saturated carbocycles. The molecule has 0 aromatic carbocycles. The zero-order chi connectivity index (χ0) is 68.2. The second-order valence-corrected chi connectivity index (χ2v) is 27.1. The van der Waals surface area contributed by atoms with Crippen LogP contribution in [0.4, 0.5) is 0 Å². The van der Waals surface area contributed by atoms with Gasteiger partial charge in [0.05, 0.1) is 38.6 Å². The first-order chi connectivity index (χ1) is 45.8. The Morgan fingerprint density at radius 1 is 0.372 bits per heavy atom. The van der Waals surface area contributed by atoms with E-state index < -0.39 is 124 Å². The average molecular weight is 1340 g/mol. The Bertz CT molecular complexity index is 1890. The van der Waals surface area contributed by atoms with E-state index >= 15 is 0 Å². The van der Waals surface area contributed by atoms with Crippen LogP contribution in [0.25, 0.3) is 0 Å². The third-order valence-electron chi connectivity index (χ3n) is 18.8. The third kappa shape index (κ3) is 37.3. The molecule has 0 aromatic heterocycles. The predicted molar refractivity (Wildman–Crippen MR) is 369 cm³/mol. The second kappa shape index (κ2) is 56.5. The zero-order valence-electron chi connectivity index (χ0n) is 58.4. The molecule has 550 valence electrons. The number of carbonyl (C=O) groups excluding carboxylic acids is 1. The fraction of sp³-hybridized carbons (Fsp3) is 0.880. The molecule has 3 saturated heterocycles. The largest absolute Gasteiger partial charge is 0.394 e. The molecule has 12 N–H and O–H groups in total. The number of carbonyl (C=O) groups is 1. The van der Waals surface area contributed by atoms with Gasteiger partial charge in [0.1, 0.15) is 73.2 Å². The molecule has 3 rings (SSSR count).